The molecule has 0 radical (unpaired) electrons. The van der Waals surface area contributed by atoms with E-state index in [4.69, 9.17) is 23.2 Å². The third kappa shape index (κ3) is 3.64. The first-order chi connectivity index (χ1) is 9.90. The van der Waals surface area contributed by atoms with Gasteiger partial charge in [-0.15, -0.1) is 0 Å². The highest BCUT2D eigenvalue weighted by Gasteiger charge is 2.19. The highest BCUT2D eigenvalue weighted by atomic mass is 79.9. The van der Waals surface area contributed by atoms with Gasteiger partial charge in [0.05, 0.1) is 11.2 Å². The van der Waals surface area contributed by atoms with Crippen LogP contribution in [0.3, 0.4) is 0 Å². The Morgan fingerprint density at radius 1 is 1.33 bits per heavy atom. The number of aromatic nitrogens is 2. The molecular formula is C13H10BrCl2N3O2. The summed E-state index contributed by atoms with van der Waals surface area (Å²) in [7, 11) is 0. The van der Waals surface area contributed by atoms with Gasteiger partial charge in [-0.25, -0.2) is 4.68 Å². The zero-order valence-corrected chi connectivity index (χ0v) is 13.9. The number of hydrogen-bond acceptors (Lipinski definition) is 3. The molecule has 0 fully saturated rings. The van der Waals surface area contributed by atoms with Gasteiger partial charge in [0.1, 0.15) is 11.1 Å². The fraction of sp³-hybridized carbons (Fsp3) is 0.154. The van der Waals surface area contributed by atoms with Crippen molar-refractivity contribution in [2.45, 2.75) is 13.0 Å². The molecule has 0 saturated heterocycles. The summed E-state index contributed by atoms with van der Waals surface area (Å²) in [5, 5.41) is 6.42. The van der Waals surface area contributed by atoms with Crippen molar-refractivity contribution in [3.8, 4) is 0 Å². The molecule has 0 spiro atoms. The summed E-state index contributed by atoms with van der Waals surface area (Å²) in [5.74, 6) is -0.384. The molecule has 0 saturated carbocycles. The van der Waals surface area contributed by atoms with Gasteiger partial charge in [0.2, 0.25) is 5.91 Å². The smallest absolute Gasteiger partial charge is 0.287 e. The standard InChI is InChI=1S/C13H10BrCl2N3O2/c1-7(19-13(21)11(16)10(15)6-17-19)12(20)18-9-4-2-8(14)3-5-9/h2-7H,1H3,(H,18,20)/t7-/m1/s1. The minimum atomic E-state index is -0.823. The van der Waals surface area contributed by atoms with Crippen LogP contribution < -0.4 is 10.9 Å². The molecule has 1 amide bonds. The molecule has 1 aromatic heterocycles. The van der Waals surface area contributed by atoms with Crippen LogP contribution in [0.1, 0.15) is 13.0 Å². The van der Waals surface area contributed by atoms with Crippen LogP contribution in [0.2, 0.25) is 10.0 Å². The van der Waals surface area contributed by atoms with Gasteiger partial charge in [-0.1, -0.05) is 39.1 Å². The van der Waals surface area contributed by atoms with Gasteiger partial charge in [-0.05, 0) is 31.2 Å². The number of nitrogens with zero attached hydrogens (tertiary/aromatic N) is 2. The van der Waals surface area contributed by atoms with Gasteiger partial charge < -0.3 is 5.32 Å². The van der Waals surface area contributed by atoms with Crippen LogP contribution in [0.25, 0.3) is 0 Å². The molecular weight excluding hydrogens is 381 g/mol. The van der Waals surface area contributed by atoms with Crippen molar-refractivity contribution in [2.24, 2.45) is 0 Å². The maximum Gasteiger partial charge on any atom is 0.287 e. The van der Waals surface area contributed by atoms with Gasteiger partial charge in [-0.3, -0.25) is 9.59 Å². The number of hydrogen-bond donors (Lipinski definition) is 1. The molecule has 0 bridgehead atoms. The lowest BCUT2D eigenvalue weighted by molar-refractivity contribution is -0.119. The van der Waals surface area contributed by atoms with E-state index in [2.05, 4.69) is 26.3 Å². The van der Waals surface area contributed by atoms with E-state index >= 15 is 0 Å². The average Bonchev–Trinajstić information content (AvgIpc) is 2.46. The summed E-state index contributed by atoms with van der Waals surface area (Å²) in [6.45, 7) is 1.55. The lowest BCUT2D eigenvalue weighted by atomic mass is 10.2. The van der Waals surface area contributed by atoms with Crippen LogP contribution in [0.5, 0.6) is 0 Å². The van der Waals surface area contributed by atoms with Crippen LogP contribution in [0.4, 0.5) is 5.69 Å². The van der Waals surface area contributed by atoms with E-state index in [-0.39, 0.29) is 16.0 Å². The van der Waals surface area contributed by atoms with Crippen molar-refractivity contribution >= 4 is 50.7 Å². The third-order valence-corrected chi connectivity index (χ3v) is 4.04. The number of carbonyl (C=O) groups excluding carboxylic acids is 1. The Balaban J connectivity index is 2.22. The zero-order valence-electron chi connectivity index (χ0n) is 10.8. The predicted molar refractivity (Wildman–Crippen MR) is 86.0 cm³/mol. The fourth-order valence-electron chi connectivity index (χ4n) is 1.59. The van der Waals surface area contributed by atoms with Gasteiger partial charge in [0, 0.05) is 10.2 Å². The lowest BCUT2D eigenvalue weighted by Crippen LogP contribution is -2.33. The monoisotopic (exact) mass is 389 g/mol. The molecule has 2 rings (SSSR count). The highest BCUT2D eigenvalue weighted by Crippen LogP contribution is 2.18. The molecule has 5 nitrogen and oxygen atoms in total. The van der Waals surface area contributed by atoms with Crippen molar-refractivity contribution < 1.29 is 4.79 Å². The molecule has 0 aliphatic carbocycles. The van der Waals surface area contributed by atoms with Crippen LogP contribution >= 0.6 is 39.1 Å². The van der Waals surface area contributed by atoms with Gasteiger partial charge >= 0.3 is 0 Å². The molecule has 1 atom stereocenters. The first kappa shape index (κ1) is 16.0. The average molecular weight is 391 g/mol. The zero-order chi connectivity index (χ0) is 15.6. The molecule has 0 aliphatic rings. The normalized spacial score (nSPS) is 12.0. The van der Waals surface area contributed by atoms with Gasteiger partial charge in [0.25, 0.3) is 5.56 Å². The lowest BCUT2D eigenvalue weighted by Gasteiger charge is -2.14. The maximum atomic E-state index is 12.1. The Bertz CT molecular complexity index is 731. The molecule has 1 heterocycles. The van der Waals surface area contributed by atoms with Crippen molar-refractivity contribution in [1.82, 2.24) is 9.78 Å². The third-order valence-electron chi connectivity index (χ3n) is 2.76. The largest absolute Gasteiger partial charge is 0.324 e. The Hall–Kier alpha value is -1.37. The van der Waals surface area contributed by atoms with E-state index in [0.29, 0.717) is 5.69 Å². The van der Waals surface area contributed by atoms with Gasteiger partial charge in [-0.2, -0.15) is 5.10 Å². The Labute approximate surface area is 139 Å². The molecule has 1 N–H and O–H groups in total. The molecule has 21 heavy (non-hydrogen) atoms. The quantitative estimate of drug-likeness (QED) is 0.871. The van der Waals surface area contributed by atoms with E-state index in [1.54, 1.807) is 31.2 Å². The number of amides is 1. The summed E-state index contributed by atoms with van der Waals surface area (Å²) in [5.41, 5.74) is 0.00535. The Morgan fingerprint density at radius 2 is 1.95 bits per heavy atom. The second kappa shape index (κ2) is 6.60. The van der Waals surface area contributed by atoms with Crippen LogP contribution in [0.15, 0.2) is 39.7 Å². The SMILES string of the molecule is C[C@H](C(=O)Nc1ccc(Br)cc1)n1ncc(Cl)c(Cl)c1=O. The number of benzene rings is 1. The van der Waals surface area contributed by atoms with Crippen LogP contribution in [0, 0.1) is 0 Å². The summed E-state index contributed by atoms with van der Waals surface area (Å²) < 4.78 is 1.89. The van der Waals surface area contributed by atoms with Gasteiger partial charge in [0.15, 0.2) is 0 Å². The van der Waals surface area contributed by atoms with Crippen LogP contribution in [-0.4, -0.2) is 15.7 Å². The topological polar surface area (TPSA) is 64.0 Å². The fourth-order valence-corrected chi connectivity index (χ4v) is 2.12. The van der Waals surface area contributed by atoms with E-state index in [9.17, 15) is 9.59 Å². The number of halogens is 3. The minimum Gasteiger partial charge on any atom is -0.324 e. The minimum absolute atomic E-state index is 0.0541. The predicted octanol–water partition coefficient (Wildman–Crippen LogP) is 3.51. The molecule has 110 valence electrons. The first-order valence-corrected chi connectivity index (χ1v) is 7.44. The number of nitrogens with one attached hydrogen (secondary N) is 1. The van der Waals surface area contributed by atoms with E-state index in [0.717, 1.165) is 9.15 Å². The molecule has 0 unspecified atom stereocenters. The van der Waals surface area contributed by atoms with Crippen molar-refractivity contribution in [2.75, 3.05) is 5.32 Å². The first-order valence-electron chi connectivity index (χ1n) is 5.89. The van der Waals surface area contributed by atoms with Crippen LogP contribution in [-0.2, 0) is 4.79 Å². The summed E-state index contributed by atoms with van der Waals surface area (Å²) in [4.78, 5) is 24.1. The van der Waals surface area contributed by atoms with Crippen molar-refractivity contribution in [3.63, 3.8) is 0 Å². The summed E-state index contributed by atoms with van der Waals surface area (Å²) in [6, 6.07) is 6.24. The van der Waals surface area contributed by atoms with E-state index in [1.807, 2.05) is 0 Å². The second-order valence-corrected chi connectivity index (χ2v) is 5.93. The number of anilines is 1. The summed E-state index contributed by atoms with van der Waals surface area (Å²) >= 11 is 14.8. The van der Waals surface area contributed by atoms with E-state index in [1.165, 1.54) is 6.20 Å². The Morgan fingerprint density at radius 3 is 2.57 bits per heavy atom. The van der Waals surface area contributed by atoms with Crippen molar-refractivity contribution in [1.29, 1.82) is 0 Å². The molecule has 0 aliphatic heterocycles. The Kier molecular flexibility index (Phi) is 5.03. The van der Waals surface area contributed by atoms with Crippen molar-refractivity contribution in [3.05, 3.63) is 55.3 Å². The summed E-state index contributed by atoms with van der Waals surface area (Å²) in [6.07, 6.45) is 1.23. The van der Waals surface area contributed by atoms with E-state index < -0.39 is 11.6 Å². The molecule has 8 heteroatoms. The maximum absolute atomic E-state index is 12.1. The number of carbonyl (C=O) groups is 1. The molecule has 2 aromatic rings. The second-order valence-electron chi connectivity index (χ2n) is 4.23. The molecule has 1 aromatic carbocycles. The number of rotatable bonds is 3. The highest BCUT2D eigenvalue weighted by molar-refractivity contribution is 9.10.